The van der Waals surface area contributed by atoms with Crippen LogP contribution in [0.15, 0.2) is 46.8 Å². The second-order valence-corrected chi connectivity index (χ2v) is 9.08. The molecule has 2 aliphatic rings. The molecule has 0 radical (unpaired) electrons. The van der Waals surface area contributed by atoms with Crippen LogP contribution < -0.4 is 11.1 Å². The summed E-state index contributed by atoms with van der Waals surface area (Å²) in [6, 6.07) is 7.12. The number of thioether (sulfide) groups is 2. The number of rotatable bonds is 7. The van der Waals surface area contributed by atoms with Gasteiger partial charge in [0.15, 0.2) is 0 Å². The number of H-pyrrole nitrogens is 1. The summed E-state index contributed by atoms with van der Waals surface area (Å²) in [5.74, 6) is -0.682. The highest BCUT2D eigenvalue weighted by Crippen LogP contribution is 2.41. The number of carboxylic acids is 1. The molecule has 0 aliphatic carbocycles. The maximum atomic E-state index is 12.8. The molecule has 5 N–H and O–H groups in total. The maximum Gasteiger partial charge on any atom is 0.352 e. The molecule has 2 amide bonds. The number of aliphatic carboxylic acids is 1. The Labute approximate surface area is 186 Å². The lowest BCUT2D eigenvalue weighted by atomic mass is 10.0. The van der Waals surface area contributed by atoms with Gasteiger partial charge in [0.25, 0.3) is 5.91 Å². The summed E-state index contributed by atoms with van der Waals surface area (Å²) in [7, 11) is 0. The van der Waals surface area contributed by atoms with Crippen LogP contribution in [-0.4, -0.2) is 65.9 Å². The number of aromatic nitrogens is 3. The fraction of sp³-hybridized carbons (Fsp3) is 0.316. The molecule has 162 valence electrons. The standard InChI is InChI=1S/C19H20N6O4S2/c1-9-21-19(24-23-9)31-8-11-7-30-17-13(16(27)25(17)14(11)18(28)29)22-15(26)12(20)10-5-3-2-4-6-10/h2-6,12-13,17H,7-8,20H2,1H3,(H,22,26)(H,28,29)(H,21,23,24)/t12-,13?,17-/m1/s1. The van der Waals surface area contributed by atoms with E-state index in [1.807, 2.05) is 6.07 Å². The number of aryl methyl sites for hydroxylation is 1. The molecule has 4 rings (SSSR count). The van der Waals surface area contributed by atoms with E-state index in [2.05, 4.69) is 20.5 Å². The van der Waals surface area contributed by atoms with Crippen molar-refractivity contribution in [1.82, 2.24) is 25.4 Å². The maximum absolute atomic E-state index is 12.8. The molecule has 12 heteroatoms. The van der Waals surface area contributed by atoms with Crippen LogP contribution in [0.1, 0.15) is 17.4 Å². The Balaban J connectivity index is 1.45. The average molecular weight is 461 g/mol. The van der Waals surface area contributed by atoms with Crippen LogP contribution in [-0.2, 0) is 14.4 Å². The lowest BCUT2D eigenvalue weighted by molar-refractivity contribution is -0.150. The zero-order chi connectivity index (χ0) is 22.1. The molecule has 1 saturated heterocycles. The third-order valence-electron chi connectivity index (χ3n) is 4.94. The minimum Gasteiger partial charge on any atom is -0.477 e. The molecule has 1 fully saturated rings. The zero-order valence-corrected chi connectivity index (χ0v) is 18.1. The number of amides is 2. The van der Waals surface area contributed by atoms with Gasteiger partial charge in [0.05, 0.1) is 0 Å². The molecule has 31 heavy (non-hydrogen) atoms. The summed E-state index contributed by atoms with van der Waals surface area (Å²) in [4.78, 5) is 42.7. The van der Waals surface area contributed by atoms with Crippen LogP contribution in [0, 0.1) is 6.92 Å². The number of carboxylic acid groups (broad SMARTS) is 1. The fourth-order valence-corrected chi connectivity index (χ4v) is 5.72. The topological polar surface area (TPSA) is 154 Å². The highest BCUT2D eigenvalue weighted by molar-refractivity contribution is 8.01. The third-order valence-corrected chi connectivity index (χ3v) is 7.21. The summed E-state index contributed by atoms with van der Waals surface area (Å²) in [5.41, 5.74) is 7.22. The molecular weight excluding hydrogens is 440 g/mol. The van der Waals surface area contributed by atoms with Crippen molar-refractivity contribution >= 4 is 41.3 Å². The molecule has 3 atom stereocenters. The molecule has 2 aromatic rings. The Bertz CT molecular complexity index is 1060. The number of nitrogens with two attached hydrogens (primary N) is 1. The number of benzene rings is 1. The monoisotopic (exact) mass is 460 g/mol. The number of carbonyl (C=O) groups excluding carboxylic acids is 2. The molecule has 3 heterocycles. The Morgan fingerprint density at radius 1 is 1.42 bits per heavy atom. The first-order valence-electron chi connectivity index (χ1n) is 9.39. The van der Waals surface area contributed by atoms with Gasteiger partial charge < -0.3 is 16.2 Å². The summed E-state index contributed by atoms with van der Waals surface area (Å²) >= 11 is 2.71. The number of fused-ring (bicyclic) bond motifs is 1. The van der Waals surface area contributed by atoms with E-state index in [0.29, 0.717) is 33.6 Å². The normalized spacial score (nSPS) is 21.4. The van der Waals surface area contributed by atoms with E-state index in [0.717, 1.165) is 0 Å². The molecule has 1 aromatic carbocycles. The Morgan fingerprint density at radius 3 is 2.81 bits per heavy atom. The van der Waals surface area contributed by atoms with Crippen molar-refractivity contribution < 1.29 is 19.5 Å². The molecular formula is C19H20N6O4S2. The quantitative estimate of drug-likeness (QED) is 0.344. The molecule has 0 spiro atoms. The number of hydrogen-bond acceptors (Lipinski definition) is 8. The largest absolute Gasteiger partial charge is 0.477 e. The van der Waals surface area contributed by atoms with Gasteiger partial charge in [0, 0.05) is 11.5 Å². The van der Waals surface area contributed by atoms with Gasteiger partial charge in [0.1, 0.15) is 29.0 Å². The van der Waals surface area contributed by atoms with Crippen molar-refractivity contribution in [2.24, 2.45) is 5.73 Å². The minimum absolute atomic E-state index is 0.0358. The second-order valence-electron chi connectivity index (χ2n) is 7.03. The van der Waals surface area contributed by atoms with Gasteiger partial charge >= 0.3 is 5.97 Å². The van der Waals surface area contributed by atoms with Gasteiger partial charge in [-0.05, 0) is 18.1 Å². The van der Waals surface area contributed by atoms with E-state index in [1.165, 1.54) is 28.4 Å². The van der Waals surface area contributed by atoms with Gasteiger partial charge in [-0.25, -0.2) is 9.78 Å². The number of aromatic amines is 1. The predicted molar refractivity (Wildman–Crippen MR) is 115 cm³/mol. The van der Waals surface area contributed by atoms with Crippen molar-refractivity contribution in [2.75, 3.05) is 11.5 Å². The van der Waals surface area contributed by atoms with Crippen molar-refractivity contribution in [2.45, 2.75) is 29.5 Å². The first-order valence-corrected chi connectivity index (χ1v) is 11.4. The van der Waals surface area contributed by atoms with Crippen molar-refractivity contribution in [3.63, 3.8) is 0 Å². The van der Waals surface area contributed by atoms with E-state index in [-0.39, 0.29) is 5.70 Å². The van der Waals surface area contributed by atoms with Crippen molar-refractivity contribution in [3.05, 3.63) is 53.0 Å². The Kier molecular flexibility index (Phi) is 6.03. The number of carbonyl (C=O) groups is 3. The average Bonchev–Trinajstić information content (AvgIpc) is 3.20. The molecule has 1 unspecified atom stereocenters. The minimum atomic E-state index is -1.17. The number of hydrogen-bond donors (Lipinski definition) is 4. The number of nitrogens with zero attached hydrogens (tertiary/aromatic N) is 3. The van der Waals surface area contributed by atoms with E-state index >= 15 is 0 Å². The highest BCUT2D eigenvalue weighted by atomic mass is 32.2. The van der Waals surface area contributed by atoms with Crippen molar-refractivity contribution in [1.29, 1.82) is 0 Å². The van der Waals surface area contributed by atoms with E-state index in [4.69, 9.17) is 5.73 Å². The highest BCUT2D eigenvalue weighted by Gasteiger charge is 2.54. The molecule has 2 aliphatic heterocycles. The Hall–Kier alpha value is -2.83. The SMILES string of the molecule is Cc1nc(SCC2=C(C(=O)O)N3C(=O)C(NC(=O)[C@H](N)c4ccccc4)[C@H]3SC2)n[nH]1. The van der Waals surface area contributed by atoms with Gasteiger partial charge in [0.2, 0.25) is 11.1 Å². The predicted octanol–water partition coefficient (Wildman–Crippen LogP) is 0.644. The van der Waals surface area contributed by atoms with E-state index in [1.54, 1.807) is 31.2 Å². The van der Waals surface area contributed by atoms with Gasteiger partial charge in [-0.3, -0.25) is 19.6 Å². The number of nitrogens with one attached hydrogen (secondary N) is 2. The Morgan fingerprint density at radius 2 is 2.16 bits per heavy atom. The lowest BCUT2D eigenvalue weighted by Gasteiger charge is -2.49. The van der Waals surface area contributed by atoms with Crippen molar-refractivity contribution in [3.8, 4) is 0 Å². The summed E-state index contributed by atoms with van der Waals surface area (Å²) in [5, 5.41) is 19.2. The third kappa shape index (κ3) is 4.18. The smallest absolute Gasteiger partial charge is 0.352 e. The zero-order valence-electron chi connectivity index (χ0n) is 16.4. The van der Waals surface area contributed by atoms with E-state index in [9.17, 15) is 19.5 Å². The lowest BCUT2D eigenvalue weighted by Crippen LogP contribution is -2.71. The summed E-state index contributed by atoms with van der Waals surface area (Å²) in [6.45, 7) is 1.77. The first kappa shape index (κ1) is 21.4. The van der Waals surface area contributed by atoms with Crippen LogP contribution in [0.5, 0.6) is 0 Å². The first-order chi connectivity index (χ1) is 14.9. The van der Waals surface area contributed by atoms with Gasteiger partial charge in [-0.2, -0.15) is 0 Å². The van der Waals surface area contributed by atoms with Gasteiger partial charge in [-0.1, -0.05) is 42.1 Å². The molecule has 10 nitrogen and oxygen atoms in total. The van der Waals surface area contributed by atoms with Gasteiger partial charge in [-0.15, -0.1) is 16.9 Å². The molecule has 0 bridgehead atoms. The molecule has 0 saturated carbocycles. The van der Waals surface area contributed by atoms with Crippen LogP contribution in [0.2, 0.25) is 0 Å². The molecule has 1 aromatic heterocycles. The summed E-state index contributed by atoms with van der Waals surface area (Å²) < 4.78 is 0. The summed E-state index contributed by atoms with van der Waals surface area (Å²) in [6.07, 6.45) is 0. The van der Waals surface area contributed by atoms with Crippen LogP contribution in [0.4, 0.5) is 0 Å². The fourth-order valence-electron chi connectivity index (χ4n) is 3.39. The number of β-lactam (4-membered cyclic amide) rings is 1. The van der Waals surface area contributed by atoms with Crippen LogP contribution in [0.25, 0.3) is 0 Å². The second kappa shape index (κ2) is 8.73. The van der Waals surface area contributed by atoms with Crippen LogP contribution >= 0.6 is 23.5 Å². The van der Waals surface area contributed by atoms with Crippen LogP contribution in [0.3, 0.4) is 0 Å². The van der Waals surface area contributed by atoms with E-state index < -0.39 is 35.2 Å².